The predicted molar refractivity (Wildman–Crippen MR) is 176 cm³/mol. The van der Waals surface area contributed by atoms with Crippen molar-refractivity contribution in [1.82, 2.24) is 9.88 Å². The molecule has 3 aromatic carbocycles. The summed E-state index contributed by atoms with van der Waals surface area (Å²) in [6.45, 7) is 7.72. The van der Waals surface area contributed by atoms with Crippen LogP contribution in [-0.4, -0.2) is 60.9 Å². The number of methoxy groups -OCH3 is 1. The molecular formula is C34H36F3N3O4S2. The van der Waals surface area contributed by atoms with Gasteiger partial charge in [0.1, 0.15) is 16.5 Å². The maximum Gasteiger partial charge on any atom is 0.416 e. The van der Waals surface area contributed by atoms with Crippen molar-refractivity contribution < 1.29 is 32.5 Å². The normalized spacial score (nSPS) is 14.1. The molecule has 1 aliphatic rings. The Morgan fingerprint density at radius 3 is 2.33 bits per heavy atom. The first kappa shape index (κ1) is 33.6. The molecule has 0 amide bonds. The van der Waals surface area contributed by atoms with Crippen molar-refractivity contribution >= 4 is 34.8 Å². The summed E-state index contributed by atoms with van der Waals surface area (Å²) in [5, 5.41) is 9.73. The maximum absolute atomic E-state index is 13.2. The zero-order valence-corrected chi connectivity index (χ0v) is 27.5. The van der Waals surface area contributed by atoms with Crippen molar-refractivity contribution in [2.45, 2.75) is 43.1 Å². The van der Waals surface area contributed by atoms with Crippen LogP contribution >= 0.6 is 23.1 Å². The van der Waals surface area contributed by atoms with Crippen molar-refractivity contribution in [2.24, 2.45) is 0 Å². The molecule has 1 aromatic heterocycles. The molecule has 244 valence electrons. The summed E-state index contributed by atoms with van der Waals surface area (Å²) < 4.78 is 50.4. The second kappa shape index (κ2) is 14.8. The highest BCUT2D eigenvalue weighted by Crippen LogP contribution is 2.38. The second-order valence-electron chi connectivity index (χ2n) is 11.3. The first-order chi connectivity index (χ1) is 22.0. The molecule has 1 fully saturated rings. The lowest BCUT2D eigenvalue weighted by Gasteiger charge is -2.36. The zero-order chi connectivity index (χ0) is 32.8. The standard InChI is InChI=1S/C34H36F3N3O4S2/c1-22(2)28-18-27(12-13-30(28)44-20-32(41)42)45-21-31-29(38-33(46-31)23-4-6-24(7-5-23)34(35,36)37)19-39-14-16-40(17-15-39)25-8-10-26(43-3)11-9-25/h4-13,18,22H,14-17,19-21H2,1-3H3,(H,41,42). The molecule has 7 nitrogen and oxygen atoms in total. The average Bonchev–Trinajstić information content (AvgIpc) is 3.45. The van der Waals surface area contributed by atoms with Gasteiger partial charge >= 0.3 is 12.1 Å². The first-order valence-electron chi connectivity index (χ1n) is 14.9. The van der Waals surface area contributed by atoms with Crippen molar-refractivity contribution in [1.29, 1.82) is 0 Å². The molecule has 0 bridgehead atoms. The van der Waals surface area contributed by atoms with Crippen LogP contribution in [0.15, 0.2) is 71.6 Å². The molecule has 0 unspecified atom stereocenters. The number of ether oxygens (including phenoxy) is 2. The highest BCUT2D eigenvalue weighted by Gasteiger charge is 2.30. The van der Waals surface area contributed by atoms with Gasteiger partial charge in [-0.1, -0.05) is 26.0 Å². The summed E-state index contributed by atoms with van der Waals surface area (Å²) >= 11 is 3.15. The minimum Gasteiger partial charge on any atom is -0.497 e. The minimum absolute atomic E-state index is 0.131. The van der Waals surface area contributed by atoms with E-state index in [0.717, 1.165) is 70.8 Å². The van der Waals surface area contributed by atoms with Crippen LogP contribution in [0.5, 0.6) is 11.5 Å². The molecule has 1 aliphatic heterocycles. The lowest BCUT2D eigenvalue weighted by atomic mass is 10.0. The van der Waals surface area contributed by atoms with E-state index in [1.807, 2.05) is 44.2 Å². The molecule has 0 spiro atoms. The van der Waals surface area contributed by atoms with E-state index in [1.165, 1.54) is 23.5 Å². The maximum atomic E-state index is 13.2. The number of carboxylic acid groups (broad SMARTS) is 1. The number of thioether (sulfide) groups is 1. The van der Waals surface area contributed by atoms with E-state index in [-0.39, 0.29) is 5.92 Å². The molecule has 0 aliphatic carbocycles. The number of thiazole rings is 1. The number of hydrogen-bond acceptors (Lipinski definition) is 8. The number of alkyl halides is 3. The Kier molecular flexibility index (Phi) is 10.8. The number of nitrogens with zero attached hydrogens (tertiary/aromatic N) is 3. The van der Waals surface area contributed by atoms with E-state index in [9.17, 15) is 18.0 Å². The molecule has 5 rings (SSSR count). The molecule has 46 heavy (non-hydrogen) atoms. The van der Waals surface area contributed by atoms with Gasteiger partial charge in [-0.3, -0.25) is 4.90 Å². The third-order valence-corrected chi connectivity index (χ3v) is 10.1. The average molecular weight is 672 g/mol. The largest absolute Gasteiger partial charge is 0.497 e. The summed E-state index contributed by atoms with van der Waals surface area (Å²) in [5.74, 6) is 1.11. The van der Waals surface area contributed by atoms with Crippen LogP contribution in [0.4, 0.5) is 18.9 Å². The summed E-state index contributed by atoms with van der Waals surface area (Å²) in [6, 6.07) is 19.0. The molecule has 2 heterocycles. The van der Waals surface area contributed by atoms with Gasteiger partial charge in [-0.05, 0) is 66.1 Å². The van der Waals surface area contributed by atoms with Gasteiger partial charge in [0.2, 0.25) is 0 Å². The molecule has 1 N–H and O–H groups in total. The number of aliphatic carboxylic acids is 1. The quantitative estimate of drug-likeness (QED) is 0.152. The van der Waals surface area contributed by atoms with Gasteiger partial charge < -0.3 is 19.5 Å². The fourth-order valence-corrected chi connectivity index (χ4v) is 7.32. The molecule has 0 atom stereocenters. The number of aromatic nitrogens is 1. The number of anilines is 1. The number of halogens is 3. The molecule has 12 heteroatoms. The third kappa shape index (κ3) is 8.54. The smallest absolute Gasteiger partial charge is 0.416 e. The summed E-state index contributed by atoms with van der Waals surface area (Å²) in [4.78, 5) is 22.8. The van der Waals surface area contributed by atoms with Gasteiger partial charge in [-0.15, -0.1) is 23.1 Å². The van der Waals surface area contributed by atoms with Crippen LogP contribution in [0.1, 0.15) is 41.5 Å². The second-order valence-corrected chi connectivity index (χ2v) is 13.4. The molecule has 0 saturated carbocycles. The third-order valence-electron chi connectivity index (χ3n) is 7.74. The molecule has 4 aromatic rings. The first-order valence-corrected chi connectivity index (χ1v) is 16.7. The van der Waals surface area contributed by atoms with Gasteiger partial charge in [0.25, 0.3) is 0 Å². The summed E-state index contributed by atoms with van der Waals surface area (Å²) in [5.41, 5.74) is 2.97. The van der Waals surface area contributed by atoms with Crippen LogP contribution in [0, 0.1) is 0 Å². The molecular weight excluding hydrogens is 636 g/mol. The number of rotatable bonds is 12. The lowest BCUT2D eigenvalue weighted by Crippen LogP contribution is -2.46. The fraction of sp³-hybridized carbons (Fsp3) is 0.353. The van der Waals surface area contributed by atoms with Crippen LogP contribution in [0.3, 0.4) is 0 Å². The van der Waals surface area contributed by atoms with Crippen LogP contribution in [-0.2, 0) is 23.3 Å². The van der Waals surface area contributed by atoms with Crippen LogP contribution in [0.25, 0.3) is 10.6 Å². The van der Waals surface area contributed by atoms with Gasteiger partial charge in [-0.25, -0.2) is 9.78 Å². The number of benzene rings is 3. The number of carbonyl (C=O) groups is 1. The highest BCUT2D eigenvalue weighted by molar-refractivity contribution is 7.98. The Morgan fingerprint density at radius 2 is 1.72 bits per heavy atom. The number of hydrogen-bond donors (Lipinski definition) is 1. The number of carboxylic acids is 1. The van der Waals surface area contributed by atoms with E-state index in [1.54, 1.807) is 18.9 Å². The van der Waals surface area contributed by atoms with Crippen LogP contribution in [0.2, 0.25) is 0 Å². The predicted octanol–water partition coefficient (Wildman–Crippen LogP) is 8.04. The van der Waals surface area contributed by atoms with Gasteiger partial charge in [0, 0.05) is 59.5 Å². The van der Waals surface area contributed by atoms with E-state index >= 15 is 0 Å². The Morgan fingerprint density at radius 1 is 1.02 bits per heavy atom. The molecule has 1 saturated heterocycles. The molecule has 0 radical (unpaired) electrons. The van der Waals surface area contributed by atoms with Crippen molar-refractivity contribution in [3.05, 3.63) is 88.4 Å². The Hall–Kier alpha value is -3.74. The Labute approximate surface area is 275 Å². The fourth-order valence-electron chi connectivity index (χ4n) is 5.20. The highest BCUT2D eigenvalue weighted by atomic mass is 32.2. The van der Waals surface area contributed by atoms with E-state index < -0.39 is 24.3 Å². The Balaban J connectivity index is 1.33. The SMILES string of the molecule is COc1ccc(N2CCN(Cc3nc(-c4ccc(C(F)(F)F)cc4)sc3CSc3ccc(OCC(=O)O)c(C(C)C)c3)CC2)cc1. The van der Waals surface area contributed by atoms with Crippen molar-refractivity contribution in [3.63, 3.8) is 0 Å². The van der Waals surface area contributed by atoms with E-state index in [2.05, 4.69) is 21.9 Å². The number of piperazine rings is 1. The van der Waals surface area contributed by atoms with Crippen molar-refractivity contribution in [2.75, 3.05) is 44.8 Å². The lowest BCUT2D eigenvalue weighted by molar-refractivity contribution is -0.139. The monoisotopic (exact) mass is 671 g/mol. The van der Waals surface area contributed by atoms with Crippen LogP contribution < -0.4 is 14.4 Å². The van der Waals surface area contributed by atoms with E-state index in [4.69, 9.17) is 19.6 Å². The summed E-state index contributed by atoms with van der Waals surface area (Å²) in [6.07, 6.45) is -4.40. The minimum atomic E-state index is -4.40. The summed E-state index contributed by atoms with van der Waals surface area (Å²) in [7, 11) is 1.65. The van der Waals surface area contributed by atoms with Crippen molar-refractivity contribution in [3.8, 4) is 22.1 Å². The van der Waals surface area contributed by atoms with Gasteiger partial charge in [0.15, 0.2) is 6.61 Å². The zero-order valence-electron chi connectivity index (χ0n) is 25.8. The van der Waals surface area contributed by atoms with Gasteiger partial charge in [-0.2, -0.15) is 13.2 Å². The van der Waals surface area contributed by atoms with Gasteiger partial charge in [0.05, 0.1) is 18.4 Å². The topological polar surface area (TPSA) is 75.1 Å². The van der Waals surface area contributed by atoms with E-state index in [0.29, 0.717) is 28.6 Å². The Bertz CT molecular complexity index is 1620.